The zero-order chi connectivity index (χ0) is 13.1. The minimum atomic E-state index is -0.175. The van der Waals surface area contributed by atoms with Crippen LogP contribution in [-0.4, -0.2) is 45.9 Å². The molecule has 1 fully saturated rings. The Kier molecular flexibility index (Phi) is 3.45. The molecule has 1 aromatic heterocycles. The third-order valence-corrected chi connectivity index (χ3v) is 2.85. The van der Waals surface area contributed by atoms with Gasteiger partial charge < -0.3 is 15.3 Å². The highest BCUT2D eigenvalue weighted by atomic mass is 16.3. The van der Waals surface area contributed by atoms with E-state index in [2.05, 4.69) is 10.3 Å². The first-order valence-electron chi connectivity index (χ1n) is 5.76. The number of rotatable bonds is 2. The molecule has 0 aliphatic carbocycles. The average molecular weight is 249 g/mol. The zero-order valence-electron chi connectivity index (χ0n) is 10.1. The number of carbonyl (C=O) groups is 2. The molecule has 2 amide bonds. The maximum absolute atomic E-state index is 12.1. The second-order valence-electron chi connectivity index (χ2n) is 4.37. The minimum absolute atomic E-state index is 0.0109. The Labute approximate surface area is 105 Å². The number of carbonyl (C=O) groups excluding carboxylic acids is 2. The van der Waals surface area contributed by atoms with E-state index in [9.17, 15) is 14.7 Å². The van der Waals surface area contributed by atoms with E-state index < -0.39 is 0 Å². The van der Waals surface area contributed by atoms with Gasteiger partial charge in [-0.1, -0.05) is 0 Å². The maximum Gasteiger partial charge on any atom is 0.255 e. The van der Waals surface area contributed by atoms with Crippen LogP contribution in [0.2, 0.25) is 0 Å². The first-order valence-corrected chi connectivity index (χ1v) is 5.76. The van der Waals surface area contributed by atoms with Crippen molar-refractivity contribution in [2.75, 3.05) is 13.1 Å². The maximum atomic E-state index is 12.1. The summed E-state index contributed by atoms with van der Waals surface area (Å²) < 4.78 is 0. The lowest BCUT2D eigenvalue weighted by molar-refractivity contribution is -0.119. The van der Waals surface area contributed by atoms with E-state index in [1.807, 2.05) is 0 Å². The largest absolute Gasteiger partial charge is 0.506 e. The Morgan fingerprint density at radius 2 is 2.28 bits per heavy atom. The second-order valence-corrected chi connectivity index (χ2v) is 4.37. The summed E-state index contributed by atoms with van der Waals surface area (Å²) in [6.07, 6.45) is 3.45. The van der Waals surface area contributed by atoms with Crippen molar-refractivity contribution in [3.63, 3.8) is 0 Å². The van der Waals surface area contributed by atoms with Gasteiger partial charge in [0.2, 0.25) is 5.91 Å². The van der Waals surface area contributed by atoms with Crippen LogP contribution < -0.4 is 5.32 Å². The van der Waals surface area contributed by atoms with Gasteiger partial charge in [0.15, 0.2) is 0 Å². The van der Waals surface area contributed by atoms with Gasteiger partial charge in [0.1, 0.15) is 5.75 Å². The minimum Gasteiger partial charge on any atom is -0.506 e. The molecule has 0 aromatic carbocycles. The molecule has 1 unspecified atom stereocenters. The predicted octanol–water partition coefficient (Wildman–Crippen LogP) is 0.138. The predicted molar refractivity (Wildman–Crippen MR) is 64.0 cm³/mol. The standard InChI is InChI=1S/C12H15N3O3/c1-8(16)14-10-2-3-15(7-10)12(18)9-4-11(17)6-13-5-9/h4-6,10,17H,2-3,7H2,1H3,(H,14,16). The van der Waals surface area contributed by atoms with Gasteiger partial charge in [-0.3, -0.25) is 14.6 Å². The normalized spacial score (nSPS) is 18.7. The van der Waals surface area contributed by atoms with E-state index in [4.69, 9.17) is 0 Å². The molecule has 6 heteroatoms. The Bertz CT molecular complexity index is 475. The van der Waals surface area contributed by atoms with Crippen LogP contribution in [0.4, 0.5) is 0 Å². The van der Waals surface area contributed by atoms with Crippen molar-refractivity contribution in [3.8, 4) is 5.75 Å². The number of amides is 2. The molecule has 1 aliphatic heterocycles. The van der Waals surface area contributed by atoms with Gasteiger partial charge in [0.05, 0.1) is 11.8 Å². The van der Waals surface area contributed by atoms with Gasteiger partial charge in [-0.2, -0.15) is 0 Å². The molecule has 0 spiro atoms. The van der Waals surface area contributed by atoms with Gasteiger partial charge in [-0.05, 0) is 12.5 Å². The van der Waals surface area contributed by atoms with Crippen molar-refractivity contribution in [1.82, 2.24) is 15.2 Å². The fourth-order valence-corrected chi connectivity index (χ4v) is 2.08. The topological polar surface area (TPSA) is 82.5 Å². The molecule has 1 aliphatic rings. The monoisotopic (exact) mass is 249 g/mol. The van der Waals surface area contributed by atoms with Crippen LogP contribution >= 0.6 is 0 Å². The van der Waals surface area contributed by atoms with Gasteiger partial charge in [-0.25, -0.2) is 0 Å². The summed E-state index contributed by atoms with van der Waals surface area (Å²) in [6, 6.07) is 1.40. The van der Waals surface area contributed by atoms with Crippen molar-refractivity contribution in [1.29, 1.82) is 0 Å². The molecule has 0 bridgehead atoms. The lowest BCUT2D eigenvalue weighted by Crippen LogP contribution is -2.37. The molecule has 0 radical (unpaired) electrons. The smallest absolute Gasteiger partial charge is 0.255 e. The number of nitrogens with zero attached hydrogens (tertiary/aromatic N) is 2. The number of hydrogen-bond acceptors (Lipinski definition) is 4. The number of hydrogen-bond donors (Lipinski definition) is 2. The SMILES string of the molecule is CC(=O)NC1CCN(C(=O)c2cncc(O)c2)C1. The van der Waals surface area contributed by atoms with Gasteiger partial charge in [0, 0.05) is 32.3 Å². The average Bonchev–Trinajstić information content (AvgIpc) is 2.75. The third kappa shape index (κ3) is 2.77. The van der Waals surface area contributed by atoms with Crippen LogP contribution in [-0.2, 0) is 4.79 Å². The molecule has 96 valence electrons. The molecule has 1 saturated heterocycles. The molecule has 0 saturated carbocycles. The van der Waals surface area contributed by atoms with E-state index >= 15 is 0 Å². The van der Waals surface area contributed by atoms with Crippen molar-refractivity contribution < 1.29 is 14.7 Å². The number of aromatic nitrogens is 1. The summed E-state index contributed by atoms with van der Waals surface area (Å²) in [5, 5.41) is 12.1. The number of pyridine rings is 1. The van der Waals surface area contributed by atoms with E-state index in [0.717, 1.165) is 6.42 Å². The lowest BCUT2D eigenvalue weighted by atomic mass is 10.2. The van der Waals surface area contributed by atoms with Crippen molar-refractivity contribution >= 4 is 11.8 Å². The Balaban J connectivity index is 2.01. The first kappa shape index (κ1) is 12.3. The number of likely N-dealkylation sites (tertiary alicyclic amines) is 1. The number of nitrogens with one attached hydrogen (secondary N) is 1. The molecule has 2 N–H and O–H groups in total. The lowest BCUT2D eigenvalue weighted by Gasteiger charge is -2.16. The summed E-state index contributed by atoms with van der Waals surface area (Å²) in [5.74, 6) is -0.293. The molecule has 1 atom stereocenters. The Morgan fingerprint density at radius 1 is 1.50 bits per heavy atom. The van der Waals surface area contributed by atoms with Crippen LogP contribution in [0.15, 0.2) is 18.5 Å². The highest BCUT2D eigenvalue weighted by molar-refractivity contribution is 5.94. The second kappa shape index (κ2) is 5.03. The summed E-state index contributed by atoms with van der Waals surface area (Å²) >= 11 is 0. The molecule has 1 aromatic rings. The van der Waals surface area contributed by atoms with Crippen LogP contribution in [0.25, 0.3) is 0 Å². The summed E-state index contributed by atoms with van der Waals surface area (Å²) in [7, 11) is 0. The van der Waals surface area contributed by atoms with Gasteiger partial charge >= 0.3 is 0 Å². The molecule has 18 heavy (non-hydrogen) atoms. The van der Waals surface area contributed by atoms with Crippen molar-refractivity contribution in [3.05, 3.63) is 24.0 Å². The van der Waals surface area contributed by atoms with Crippen molar-refractivity contribution in [2.45, 2.75) is 19.4 Å². The van der Waals surface area contributed by atoms with Gasteiger partial charge in [0.25, 0.3) is 5.91 Å². The highest BCUT2D eigenvalue weighted by Gasteiger charge is 2.27. The molecule has 6 nitrogen and oxygen atoms in total. The van der Waals surface area contributed by atoms with Gasteiger partial charge in [-0.15, -0.1) is 0 Å². The highest BCUT2D eigenvalue weighted by Crippen LogP contribution is 2.15. The molecule has 2 heterocycles. The Hall–Kier alpha value is -2.11. The van der Waals surface area contributed by atoms with Crippen LogP contribution in [0.3, 0.4) is 0 Å². The fraction of sp³-hybridized carbons (Fsp3) is 0.417. The van der Waals surface area contributed by atoms with E-state index in [1.165, 1.54) is 25.4 Å². The van der Waals surface area contributed by atoms with Crippen LogP contribution in [0, 0.1) is 0 Å². The number of aromatic hydroxyl groups is 1. The van der Waals surface area contributed by atoms with E-state index in [-0.39, 0.29) is 23.6 Å². The fourth-order valence-electron chi connectivity index (χ4n) is 2.08. The van der Waals surface area contributed by atoms with E-state index in [1.54, 1.807) is 4.90 Å². The zero-order valence-corrected chi connectivity index (χ0v) is 10.1. The quantitative estimate of drug-likeness (QED) is 0.781. The summed E-state index contributed by atoms with van der Waals surface area (Å²) in [6.45, 7) is 2.55. The van der Waals surface area contributed by atoms with E-state index in [0.29, 0.717) is 18.7 Å². The Morgan fingerprint density at radius 3 is 2.94 bits per heavy atom. The van der Waals surface area contributed by atoms with Crippen LogP contribution in [0.5, 0.6) is 5.75 Å². The van der Waals surface area contributed by atoms with Crippen molar-refractivity contribution in [2.24, 2.45) is 0 Å². The third-order valence-electron chi connectivity index (χ3n) is 2.85. The molecule has 2 rings (SSSR count). The molecular formula is C12H15N3O3. The summed E-state index contributed by atoms with van der Waals surface area (Å²) in [5.41, 5.74) is 0.360. The summed E-state index contributed by atoms with van der Waals surface area (Å²) in [4.78, 5) is 28.5. The van der Waals surface area contributed by atoms with Crippen LogP contribution in [0.1, 0.15) is 23.7 Å². The first-order chi connectivity index (χ1) is 8.56. The molecular weight excluding hydrogens is 234 g/mol.